The van der Waals surface area contributed by atoms with Crippen LogP contribution >= 0.6 is 0 Å². The molecule has 1 aromatic rings. The van der Waals surface area contributed by atoms with E-state index in [1.807, 2.05) is 29.5 Å². The maximum absolute atomic E-state index is 12.8. The Morgan fingerprint density at radius 1 is 1.33 bits per heavy atom. The van der Waals surface area contributed by atoms with E-state index in [4.69, 9.17) is 0 Å². The number of carbonyl (C=O) groups is 2. The van der Waals surface area contributed by atoms with Gasteiger partial charge in [0.05, 0.1) is 5.41 Å². The Morgan fingerprint density at radius 2 is 2.08 bits per heavy atom. The Morgan fingerprint density at radius 3 is 2.75 bits per heavy atom. The number of amides is 2. The van der Waals surface area contributed by atoms with Gasteiger partial charge in [0, 0.05) is 31.5 Å². The summed E-state index contributed by atoms with van der Waals surface area (Å²) in [7, 11) is 0. The van der Waals surface area contributed by atoms with E-state index >= 15 is 0 Å². The molecule has 2 amide bonds. The van der Waals surface area contributed by atoms with E-state index in [2.05, 4.69) is 10.3 Å². The van der Waals surface area contributed by atoms with Crippen LogP contribution in [0.1, 0.15) is 51.3 Å². The summed E-state index contributed by atoms with van der Waals surface area (Å²) in [6.07, 6.45) is 9.84. The molecule has 2 fully saturated rings. The van der Waals surface area contributed by atoms with Gasteiger partial charge in [0.15, 0.2) is 0 Å². The number of hydrogen-bond acceptors (Lipinski definition) is 3. The molecule has 0 bridgehead atoms. The normalized spacial score (nSPS) is 25.0. The van der Waals surface area contributed by atoms with Crippen LogP contribution in [0.25, 0.3) is 0 Å². The molecule has 6 heteroatoms. The zero-order valence-corrected chi connectivity index (χ0v) is 14.8. The summed E-state index contributed by atoms with van der Waals surface area (Å²) in [5, 5.41) is 3.21. The average molecular weight is 332 g/mol. The number of hydrogen-bond donors (Lipinski definition) is 1. The number of nitrogens with one attached hydrogen (secondary N) is 1. The van der Waals surface area contributed by atoms with Crippen molar-refractivity contribution in [1.82, 2.24) is 19.8 Å². The predicted octanol–water partition coefficient (Wildman–Crippen LogP) is 1.88. The molecule has 132 valence electrons. The standard InChI is InChI=1S/C18H28N4O2/c1-14-19-9-11-21(14)12-16(23)22-10-5-8-18(2,13-22)17(24)20-15-6-3-4-7-15/h9,11,15H,3-8,10,12-13H2,1-2H3,(H,20,24)/t18-/m1/s1. The molecule has 2 aliphatic rings. The smallest absolute Gasteiger partial charge is 0.242 e. The predicted molar refractivity (Wildman–Crippen MR) is 91.3 cm³/mol. The maximum atomic E-state index is 12.8. The van der Waals surface area contributed by atoms with Gasteiger partial charge in [-0.1, -0.05) is 12.8 Å². The fraction of sp³-hybridized carbons (Fsp3) is 0.722. The average Bonchev–Trinajstić information content (AvgIpc) is 3.20. The van der Waals surface area contributed by atoms with Crippen LogP contribution in [-0.4, -0.2) is 45.4 Å². The quantitative estimate of drug-likeness (QED) is 0.915. The van der Waals surface area contributed by atoms with E-state index in [1.165, 1.54) is 12.8 Å². The number of likely N-dealkylation sites (tertiary alicyclic amines) is 1. The van der Waals surface area contributed by atoms with Gasteiger partial charge in [-0.2, -0.15) is 0 Å². The molecule has 1 saturated heterocycles. The molecular weight excluding hydrogens is 304 g/mol. The van der Waals surface area contributed by atoms with Crippen LogP contribution in [-0.2, 0) is 16.1 Å². The van der Waals surface area contributed by atoms with Crippen molar-refractivity contribution in [3.05, 3.63) is 18.2 Å². The molecule has 2 heterocycles. The molecule has 24 heavy (non-hydrogen) atoms. The summed E-state index contributed by atoms with van der Waals surface area (Å²) in [6.45, 7) is 5.44. The van der Waals surface area contributed by atoms with Crippen LogP contribution in [0.5, 0.6) is 0 Å². The van der Waals surface area contributed by atoms with E-state index in [1.54, 1.807) is 6.20 Å². The fourth-order valence-corrected chi connectivity index (χ4v) is 3.88. The SMILES string of the molecule is Cc1nccn1CC(=O)N1CCC[C@@](C)(C(=O)NC2CCCC2)C1. The second kappa shape index (κ2) is 6.95. The van der Waals surface area contributed by atoms with Crippen LogP contribution in [0.3, 0.4) is 0 Å². The van der Waals surface area contributed by atoms with Crippen LogP contribution in [0.15, 0.2) is 12.4 Å². The van der Waals surface area contributed by atoms with Crippen molar-refractivity contribution < 1.29 is 9.59 Å². The van der Waals surface area contributed by atoms with Gasteiger partial charge < -0.3 is 14.8 Å². The van der Waals surface area contributed by atoms with E-state index in [0.717, 1.165) is 38.1 Å². The lowest BCUT2D eigenvalue weighted by Gasteiger charge is -2.40. The summed E-state index contributed by atoms with van der Waals surface area (Å²) < 4.78 is 1.85. The number of aryl methyl sites for hydroxylation is 1. The molecule has 1 saturated carbocycles. The molecule has 6 nitrogen and oxygen atoms in total. The zero-order valence-electron chi connectivity index (χ0n) is 14.8. The van der Waals surface area contributed by atoms with Gasteiger partial charge >= 0.3 is 0 Å². The number of imidazole rings is 1. The van der Waals surface area contributed by atoms with Crippen LogP contribution in [0, 0.1) is 12.3 Å². The second-order valence-corrected chi connectivity index (χ2v) is 7.54. The lowest BCUT2D eigenvalue weighted by molar-refractivity contribution is -0.141. The Kier molecular flexibility index (Phi) is 4.92. The van der Waals surface area contributed by atoms with Crippen LogP contribution in [0.2, 0.25) is 0 Å². The number of piperidine rings is 1. The number of aromatic nitrogens is 2. The zero-order chi connectivity index (χ0) is 17.2. The number of rotatable bonds is 4. The minimum Gasteiger partial charge on any atom is -0.353 e. The molecule has 0 spiro atoms. The molecule has 1 atom stereocenters. The van der Waals surface area contributed by atoms with Crippen molar-refractivity contribution >= 4 is 11.8 Å². The van der Waals surface area contributed by atoms with E-state index in [0.29, 0.717) is 19.1 Å². The van der Waals surface area contributed by atoms with Gasteiger partial charge in [-0.05, 0) is 39.5 Å². The summed E-state index contributed by atoms with van der Waals surface area (Å²) in [5.74, 6) is 1.02. The van der Waals surface area contributed by atoms with Gasteiger partial charge in [-0.3, -0.25) is 9.59 Å². The van der Waals surface area contributed by atoms with Crippen molar-refractivity contribution in [3.8, 4) is 0 Å². The third-order valence-electron chi connectivity index (χ3n) is 5.52. The molecule has 1 N–H and O–H groups in total. The van der Waals surface area contributed by atoms with Crippen molar-refractivity contribution in [3.63, 3.8) is 0 Å². The summed E-state index contributed by atoms with van der Waals surface area (Å²) >= 11 is 0. The maximum Gasteiger partial charge on any atom is 0.242 e. The number of carbonyl (C=O) groups excluding carboxylic acids is 2. The third-order valence-corrected chi connectivity index (χ3v) is 5.52. The minimum atomic E-state index is -0.472. The Hall–Kier alpha value is -1.85. The van der Waals surface area contributed by atoms with E-state index in [9.17, 15) is 9.59 Å². The van der Waals surface area contributed by atoms with Gasteiger partial charge in [-0.15, -0.1) is 0 Å². The molecule has 1 aliphatic heterocycles. The largest absolute Gasteiger partial charge is 0.353 e. The highest BCUT2D eigenvalue weighted by Gasteiger charge is 2.40. The summed E-state index contributed by atoms with van der Waals surface area (Å²) in [6, 6.07) is 0.328. The highest BCUT2D eigenvalue weighted by molar-refractivity contribution is 5.84. The van der Waals surface area contributed by atoms with Gasteiger partial charge in [0.1, 0.15) is 12.4 Å². The van der Waals surface area contributed by atoms with Crippen molar-refractivity contribution in [1.29, 1.82) is 0 Å². The monoisotopic (exact) mass is 332 g/mol. The van der Waals surface area contributed by atoms with Crippen molar-refractivity contribution in [2.24, 2.45) is 5.41 Å². The van der Waals surface area contributed by atoms with Gasteiger partial charge in [-0.25, -0.2) is 4.98 Å². The van der Waals surface area contributed by atoms with Crippen LogP contribution in [0.4, 0.5) is 0 Å². The second-order valence-electron chi connectivity index (χ2n) is 7.54. The summed E-state index contributed by atoms with van der Waals surface area (Å²) in [5.41, 5.74) is -0.472. The first-order valence-electron chi connectivity index (χ1n) is 9.04. The molecule has 1 aliphatic carbocycles. The van der Waals surface area contributed by atoms with E-state index < -0.39 is 5.41 Å². The highest BCUT2D eigenvalue weighted by Crippen LogP contribution is 2.31. The molecule has 1 aromatic heterocycles. The third kappa shape index (κ3) is 3.62. The summed E-state index contributed by atoms with van der Waals surface area (Å²) in [4.78, 5) is 31.4. The lowest BCUT2D eigenvalue weighted by Crippen LogP contribution is -2.53. The Labute approximate surface area is 143 Å². The molecule has 0 aromatic carbocycles. The minimum absolute atomic E-state index is 0.0655. The first-order valence-corrected chi connectivity index (χ1v) is 9.04. The van der Waals surface area contributed by atoms with E-state index in [-0.39, 0.29) is 11.8 Å². The van der Waals surface area contributed by atoms with Gasteiger partial charge in [0.2, 0.25) is 11.8 Å². The lowest BCUT2D eigenvalue weighted by atomic mass is 9.80. The van der Waals surface area contributed by atoms with Crippen molar-refractivity contribution in [2.45, 2.75) is 65.0 Å². The Balaban J connectivity index is 1.61. The first-order chi connectivity index (χ1) is 11.5. The first kappa shape index (κ1) is 17.0. The highest BCUT2D eigenvalue weighted by atomic mass is 16.2. The molecule has 0 unspecified atom stereocenters. The molecular formula is C18H28N4O2. The topological polar surface area (TPSA) is 67.2 Å². The Bertz CT molecular complexity index is 606. The fourth-order valence-electron chi connectivity index (χ4n) is 3.88. The number of nitrogens with zero attached hydrogens (tertiary/aromatic N) is 3. The molecule has 3 rings (SSSR count). The van der Waals surface area contributed by atoms with Crippen molar-refractivity contribution in [2.75, 3.05) is 13.1 Å². The molecule has 0 radical (unpaired) electrons. The van der Waals surface area contributed by atoms with Crippen LogP contribution < -0.4 is 5.32 Å². The van der Waals surface area contributed by atoms with Gasteiger partial charge in [0.25, 0.3) is 0 Å².